The van der Waals surface area contributed by atoms with Crippen LogP contribution in [0.4, 0.5) is 5.69 Å². The van der Waals surface area contributed by atoms with Crippen molar-refractivity contribution in [1.29, 1.82) is 0 Å². The van der Waals surface area contributed by atoms with Gasteiger partial charge in [-0.2, -0.15) is 0 Å². The molecule has 1 saturated carbocycles. The van der Waals surface area contributed by atoms with Crippen LogP contribution in [0.3, 0.4) is 0 Å². The van der Waals surface area contributed by atoms with E-state index in [1.165, 1.54) is 4.90 Å². The average Bonchev–Trinajstić information content (AvgIpc) is 2.95. The molecular weight excluding hydrogens is 467 g/mol. The third-order valence-electron chi connectivity index (χ3n) is 5.67. The predicted molar refractivity (Wildman–Crippen MR) is 115 cm³/mol. The molecule has 5 nitrogen and oxygen atoms in total. The number of para-hydroxylation sites is 1. The summed E-state index contributed by atoms with van der Waals surface area (Å²) in [6, 6.07) is 14.6. The molecule has 28 heavy (non-hydrogen) atoms. The molecule has 2 aromatic carbocycles. The summed E-state index contributed by atoms with van der Waals surface area (Å²) in [6.07, 6.45) is 3.63. The standard InChI is InChI=1S/C22H21IN2O3/c23-18-11-5-6-12-19(18)24-20(26)15-8-2-1-7-14(15)13-25-21(27)16-9-3-4-10-17(16)22(25)28/h3-6,9-12,14-15H,1-2,7-8,13H2,(H,24,26). The quantitative estimate of drug-likeness (QED) is 0.515. The Balaban J connectivity index is 1.50. The van der Waals surface area contributed by atoms with Crippen molar-refractivity contribution in [3.05, 3.63) is 63.2 Å². The summed E-state index contributed by atoms with van der Waals surface area (Å²) in [6.45, 7) is 0.302. The number of anilines is 1. The van der Waals surface area contributed by atoms with Gasteiger partial charge in [-0.25, -0.2) is 0 Å². The number of benzene rings is 2. The van der Waals surface area contributed by atoms with Gasteiger partial charge < -0.3 is 5.32 Å². The van der Waals surface area contributed by atoms with Crippen LogP contribution in [0.15, 0.2) is 48.5 Å². The molecule has 1 N–H and O–H groups in total. The van der Waals surface area contributed by atoms with Crippen LogP contribution in [-0.2, 0) is 4.79 Å². The molecule has 0 radical (unpaired) electrons. The van der Waals surface area contributed by atoms with Gasteiger partial charge in [-0.3, -0.25) is 19.3 Å². The summed E-state index contributed by atoms with van der Waals surface area (Å²) in [4.78, 5) is 39.7. The van der Waals surface area contributed by atoms with Crippen LogP contribution in [0.25, 0.3) is 0 Å². The van der Waals surface area contributed by atoms with Gasteiger partial charge in [0.15, 0.2) is 0 Å². The predicted octanol–water partition coefficient (Wildman–Crippen LogP) is 4.33. The summed E-state index contributed by atoms with van der Waals surface area (Å²) < 4.78 is 0.987. The van der Waals surface area contributed by atoms with E-state index in [2.05, 4.69) is 27.9 Å². The van der Waals surface area contributed by atoms with Crippen molar-refractivity contribution in [3.8, 4) is 0 Å². The Kier molecular flexibility index (Phi) is 5.48. The third kappa shape index (κ3) is 3.57. The number of nitrogens with one attached hydrogen (secondary N) is 1. The number of imide groups is 1. The number of amides is 3. The molecular formula is C22H21IN2O3. The maximum absolute atomic E-state index is 13.0. The lowest BCUT2D eigenvalue weighted by Crippen LogP contribution is -2.41. The molecule has 2 atom stereocenters. The van der Waals surface area contributed by atoms with Crippen LogP contribution in [-0.4, -0.2) is 29.2 Å². The second-order valence-electron chi connectivity index (χ2n) is 7.39. The van der Waals surface area contributed by atoms with Gasteiger partial charge >= 0.3 is 0 Å². The minimum absolute atomic E-state index is 0.0164. The minimum atomic E-state index is -0.247. The smallest absolute Gasteiger partial charge is 0.261 e. The second kappa shape index (κ2) is 8.03. The second-order valence-corrected chi connectivity index (χ2v) is 8.55. The Morgan fingerprint density at radius 3 is 2.25 bits per heavy atom. The van der Waals surface area contributed by atoms with Gasteiger partial charge in [-0.15, -0.1) is 0 Å². The topological polar surface area (TPSA) is 66.5 Å². The lowest BCUT2D eigenvalue weighted by molar-refractivity contribution is -0.122. The van der Waals surface area contributed by atoms with Crippen LogP contribution in [0.5, 0.6) is 0 Å². The number of halogens is 1. The fourth-order valence-electron chi connectivity index (χ4n) is 4.20. The SMILES string of the molecule is O=C(Nc1ccccc1I)C1CCCCC1CN1C(=O)c2ccccc2C1=O. The number of hydrogen-bond acceptors (Lipinski definition) is 3. The van der Waals surface area contributed by atoms with Crippen molar-refractivity contribution in [3.63, 3.8) is 0 Å². The highest BCUT2D eigenvalue weighted by Gasteiger charge is 2.40. The molecule has 1 aliphatic heterocycles. The van der Waals surface area contributed by atoms with Crippen molar-refractivity contribution in [2.45, 2.75) is 25.7 Å². The van der Waals surface area contributed by atoms with E-state index in [4.69, 9.17) is 0 Å². The summed E-state index contributed by atoms with van der Waals surface area (Å²) in [5.74, 6) is -0.734. The van der Waals surface area contributed by atoms with Gasteiger partial charge in [-0.05, 0) is 65.6 Å². The van der Waals surface area contributed by atoms with Gasteiger partial charge in [0.1, 0.15) is 0 Å². The molecule has 2 aliphatic rings. The normalized spacial score (nSPS) is 21.5. The van der Waals surface area contributed by atoms with Gasteiger partial charge in [0.25, 0.3) is 11.8 Å². The van der Waals surface area contributed by atoms with Crippen LogP contribution in [0.2, 0.25) is 0 Å². The monoisotopic (exact) mass is 488 g/mol. The van der Waals surface area contributed by atoms with E-state index in [0.717, 1.165) is 34.9 Å². The van der Waals surface area contributed by atoms with E-state index in [-0.39, 0.29) is 29.6 Å². The van der Waals surface area contributed by atoms with E-state index in [1.54, 1.807) is 24.3 Å². The lowest BCUT2D eigenvalue weighted by Gasteiger charge is -2.32. The van der Waals surface area contributed by atoms with Crippen LogP contribution < -0.4 is 5.32 Å². The van der Waals surface area contributed by atoms with E-state index >= 15 is 0 Å². The molecule has 1 aliphatic carbocycles. The fraction of sp³-hybridized carbons (Fsp3) is 0.318. The molecule has 6 heteroatoms. The minimum Gasteiger partial charge on any atom is -0.325 e. The molecule has 0 spiro atoms. The number of carbonyl (C=O) groups excluding carboxylic acids is 3. The number of nitrogens with zero attached hydrogens (tertiary/aromatic N) is 1. The van der Waals surface area contributed by atoms with Crippen molar-refractivity contribution in [2.75, 3.05) is 11.9 Å². The number of hydrogen-bond donors (Lipinski definition) is 1. The van der Waals surface area contributed by atoms with Gasteiger partial charge in [0, 0.05) is 16.0 Å². The zero-order valence-electron chi connectivity index (χ0n) is 15.4. The Labute approximate surface area is 177 Å². The highest BCUT2D eigenvalue weighted by Crippen LogP contribution is 2.34. The van der Waals surface area contributed by atoms with Crippen LogP contribution in [0, 0.1) is 15.4 Å². The first-order valence-corrected chi connectivity index (χ1v) is 10.6. The van der Waals surface area contributed by atoms with Crippen LogP contribution >= 0.6 is 22.6 Å². The fourth-order valence-corrected chi connectivity index (χ4v) is 4.72. The number of rotatable bonds is 4. The van der Waals surface area contributed by atoms with Gasteiger partial charge in [0.05, 0.1) is 16.8 Å². The summed E-state index contributed by atoms with van der Waals surface area (Å²) in [7, 11) is 0. The average molecular weight is 488 g/mol. The maximum atomic E-state index is 13.0. The first-order valence-electron chi connectivity index (χ1n) is 9.57. The zero-order valence-corrected chi connectivity index (χ0v) is 17.5. The van der Waals surface area contributed by atoms with Crippen molar-refractivity contribution < 1.29 is 14.4 Å². The molecule has 4 rings (SSSR count). The Morgan fingerprint density at radius 2 is 1.57 bits per heavy atom. The van der Waals surface area contributed by atoms with E-state index < -0.39 is 0 Å². The summed E-state index contributed by atoms with van der Waals surface area (Å²) in [5, 5.41) is 3.04. The Morgan fingerprint density at radius 1 is 0.964 bits per heavy atom. The molecule has 2 unspecified atom stereocenters. The highest BCUT2D eigenvalue weighted by atomic mass is 127. The summed E-state index contributed by atoms with van der Waals surface area (Å²) >= 11 is 2.20. The van der Waals surface area contributed by atoms with E-state index in [0.29, 0.717) is 17.7 Å². The van der Waals surface area contributed by atoms with E-state index in [9.17, 15) is 14.4 Å². The molecule has 1 heterocycles. The molecule has 144 valence electrons. The molecule has 2 aromatic rings. The van der Waals surface area contributed by atoms with Gasteiger partial charge in [-0.1, -0.05) is 37.1 Å². The molecule has 0 saturated heterocycles. The largest absolute Gasteiger partial charge is 0.325 e. The summed E-state index contributed by atoms with van der Waals surface area (Å²) in [5.41, 5.74) is 1.73. The molecule has 0 bridgehead atoms. The first-order chi connectivity index (χ1) is 13.6. The van der Waals surface area contributed by atoms with Crippen LogP contribution in [0.1, 0.15) is 46.4 Å². The number of carbonyl (C=O) groups is 3. The maximum Gasteiger partial charge on any atom is 0.261 e. The molecule has 1 fully saturated rings. The Bertz CT molecular complexity index is 908. The zero-order chi connectivity index (χ0) is 19.7. The highest BCUT2D eigenvalue weighted by molar-refractivity contribution is 14.1. The first kappa shape index (κ1) is 19.1. The third-order valence-corrected chi connectivity index (χ3v) is 6.61. The van der Waals surface area contributed by atoms with E-state index in [1.807, 2.05) is 24.3 Å². The van der Waals surface area contributed by atoms with Crippen molar-refractivity contribution in [2.24, 2.45) is 11.8 Å². The van der Waals surface area contributed by atoms with Crippen molar-refractivity contribution >= 4 is 46.0 Å². The van der Waals surface area contributed by atoms with Crippen molar-refractivity contribution in [1.82, 2.24) is 4.90 Å². The lowest BCUT2D eigenvalue weighted by atomic mass is 9.78. The van der Waals surface area contributed by atoms with Gasteiger partial charge in [0.2, 0.25) is 5.91 Å². The molecule has 0 aromatic heterocycles. The molecule has 3 amide bonds. The number of fused-ring (bicyclic) bond motifs is 1. The Hall–Kier alpha value is -2.22.